The van der Waals surface area contributed by atoms with E-state index in [4.69, 9.17) is 9.47 Å². The molecule has 0 spiro atoms. The van der Waals surface area contributed by atoms with Crippen molar-refractivity contribution >= 4 is 15.7 Å². The third kappa shape index (κ3) is 3.71. The maximum atomic E-state index is 13.1. The summed E-state index contributed by atoms with van der Waals surface area (Å²) in [4.78, 5) is 15.1. The lowest BCUT2D eigenvalue weighted by Crippen LogP contribution is -2.30. The second-order valence-electron chi connectivity index (χ2n) is 7.21. The minimum absolute atomic E-state index is 0.0634. The number of amides is 1. The van der Waals surface area contributed by atoms with E-state index in [0.29, 0.717) is 31.1 Å². The second-order valence-corrected chi connectivity index (χ2v) is 9.23. The van der Waals surface area contributed by atoms with Crippen LogP contribution in [-0.4, -0.2) is 45.2 Å². The topological polar surface area (TPSA) is 72.9 Å². The maximum absolute atomic E-state index is 13.1. The molecule has 1 atom stereocenters. The number of hydrogen-bond acceptors (Lipinski definition) is 5. The van der Waals surface area contributed by atoms with Gasteiger partial charge >= 0.3 is 0 Å². The smallest absolute Gasteiger partial charge is 0.254 e. The molecule has 2 aliphatic heterocycles. The fourth-order valence-electron chi connectivity index (χ4n) is 3.77. The normalized spacial score (nSPS) is 19.3. The highest BCUT2D eigenvalue weighted by molar-refractivity contribution is 7.90. The number of sulfone groups is 1. The van der Waals surface area contributed by atoms with Gasteiger partial charge in [0.15, 0.2) is 21.3 Å². The molecule has 7 heteroatoms. The highest BCUT2D eigenvalue weighted by Crippen LogP contribution is 2.38. The van der Waals surface area contributed by atoms with Gasteiger partial charge in [0.1, 0.15) is 0 Å². The number of benzene rings is 2. The lowest BCUT2D eigenvalue weighted by molar-refractivity contribution is 0.0735. The van der Waals surface area contributed by atoms with Gasteiger partial charge in [-0.1, -0.05) is 12.1 Å². The van der Waals surface area contributed by atoms with Crippen LogP contribution in [-0.2, 0) is 9.84 Å². The summed E-state index contributed by atoms with van der Waals surface area (Å²) in [6.07, 6.45) is 3.75. The van der Waals surface area contributed by atoms with Gasteiger partial charge in [0.25, 0.3) is 5.91 Å². The van der Waals surface area contributed by atoms with Crippen molar-refractivity contribution in [2.75, 3.05) is 26.0 Å². The van der Waals surface area contributed by atoms with Crippen LogP contribution in [0.1, 0.15) is 41.2 Å². The average molecular weight is 401 g/mol. The number of ether oxygens (including phenoxy) is 2. The van der Waals surface area contributed by atoms with E-state index in [2.05, 4.69) is 0 Å². The Morgan fingerprint density at radius 2 is 1.82 bits per heavy atom. The molecule has 2 heterocycles. The first kappa shape index (κ1) is 18.8. The van der Waals surface area contributed by atoms with Gasteiger partial charge in [-0.15, -0.1) is 0 Å². The molecule has 2 aromatic carbocycles. The Labute approximate surface area is 165 Å². The molecule has 2 aliphatic rings. The van der Waals surface area contributed by atoms with Gasteiger partial charge in [-0.2, -0.15) is 0 Å². The minimum atomic E-state index is -3.36. The Kier molecular flexibility index (Phi) is 5.02. The molecule has 0 unspecified atom stereocenters. The first-order chi connectivity index (χ1) is 13.4. The van der Waals surface area contributed by atoms with Gasteiger partial charge < -0.3 is 14.4 Å². The van der Waals surface area contributed by atoms with Gasteiger partial charge in [-0.05, 0) is 48.7 Å². The molecule has 2 aromatic rings. The summed E-state index contributed by atoms with van der Waals surface area (Å²) in [5, 5.41) is 0. The summed E-state index contributed by atoms with van der Waals surface area (Å²) in [6, 6.07) is 12.0. The van der Waals surface area contributed by atoms with Crippen LogP contribution < -0.4 is 9.47 Å². The van der Waals surface area contributed by atoms with E-state index in [1.54, 1.807) is 12.1 Å². The zero-order valence-electron chi connectivity index (χ0n) is 15.8. The highest BCUT2D eigenvalue weighted by atomic mass is 32.2. The van der Waals surface area contributed by atoms with E-state index >= 15 is 0 Å². The van der Waals surface area contributed by atoms with Crippen molar-refractivity contribution in [1.82, 2.24) is 4.90 Å². The van der Waals surface area contributed by atoms with Crippen molar-refractivity contribution in [2.45, 2.75) is 30.2 Å². The van der Waals surface area contributed by atoms with Crippen molar-refractivity contribution in [1.29, 1.82) is 0 Å². The van der Waals surface area contributed by atoms with Crippen molar-refractivity contribution in [3.8, 4) is 11.5 Å². The SMILES string of the molecule is CS(=O)(=O)c1cccc(C(=O)N2CCC[C@H]2c2ccc3c(c2)OCCCO3)c1. The van der Waals surface area contributed by atoms with Crippen LogP contribution in [0, 0.1) is 0 Å². The molecule has 6 nitrogen and oxygen atoms in total. The summed E-state index contributed by atoms with van der Waals surface area (Å²) in [7, 11) is -3.36. The first-order valence-electron chi connectivity index (χ1n) is 9.44. The predicted octanol–water partition coefficient (Wildman–Crippen LogP) is 3.23. The largest absolute Gasteiger partial charge is 0.490 e. The third-order valence-corrected chi connectivity index (χ3v) is 6.29. The quantitative estimate of drug-likeness (QED) is 0.790. The number of rotatable bonds is 3. The van der Waals surface area contributed by atoms with Crippen LogP contribution in [0.4, 0.5) is 0 Å². The predicted molar refractivity (Wildman–Crippen MR) is 105 cm³/mol. The molecule has 0 aliphatic carbocycles. The molecular formula is C21H23NO5S. The second kappa shape index (κ2) is 7.47. The van der Waals surface area contributed by atoms with Crippen LogP contribution in [0.5, 0.6) is 11.5 Å². The number of hydrogen-bond donors (Lipinski definition) is 0. The van der Waals surface area contributed by atoms with Crippen LogP contribution >= 0.6 is 0 Å². The van der Waals surface area contributed by atoms with Crippen LogP contribution in [0.3, 0.4) is 0 Å². The number of fused-ring (bicyclic) bond motifs is 1. The zero-order valence-corrected chi connectivity index (χ0v) is 16.6. The molecule has 1 fully saturated rings. The Morgan fingerprint density at radius 3 is 2.61 bits per heavy atom. The van der Waals surface area contributed by atoms with E-state index in [1.165, 1.54) is 12.1 Å². The van der Waals surface area contributed by atoms with Gasteiger partial charge in [0.05, 0.1) is 24.2 Å². The van der Waals surface area contributed by atoms with Crippen molar-refractivity contribution in [3.05, 3.63) is 53.6 Å². The molecule has 0 saturated carbocycles. The lowest BCUT2D eigenvalue weighted by atomic mass is 10.0. The van der Waals surface area contributed by atoms with Gasteiger partial charge in [0.2, 0.25) is 0 Å². The Hall–Kier alpha value is -2.54. The molecule has 0 N–H and O–H groups in total. The molecule has 1 saturated heterocycles. The van der Waals surface area contributed by atoms with Crippen LogP contribution in [0.15, 0.2) is 47.4 Å². The number of carbonyl (C=O) groups is 1. The molecule has 0 bridgehead atoms. The van der Waals surface area contributed by atoms with Crippen LogP contribution in [0.25, 0.3) is 0 Å². The molecule has 148 valence electrons. The highest BCUT2D eigenvalue weighted by Gasteiger charge is 2.31. The summed E-state index contributed by atoms with van der Waals surface area (Å²) in [5.74, 6) is 1.30. The lowest BCUT2D eigenvalue weighted by Gasteiger charge is -2.26. The molecule has 28 heavy (non-hydrogen) atoms. The summed E-state index contributed by atoms with van der Waals surface area (Å²) in [5.41, 5.74) is 1.40. The molecule has 0 radical (unpaired) electrons. The Morgan fingerprint density at radius 1 is 1.04 bits per heavy atom. The average Bonchev–Trinajstić information content (AvgIpc) is 3.05. The summed E-state index contributed by atoms with van der Waals surface area (Å²) < 4.78 is 35.1. The van der Waals surface area contributed by atoms with Crippen molar-refractivity contribution < 1.29 is 22.7 Å². The van der Waals surface area contributed by atoms with E-state index in [9.17, 15) is 13.2 Å². The fourth-order valence-corrected chi connectivity index (χ4v) is 4.44. The Bertz CT molecular complexity index is 1000. The van der Waals surface area contributed by atoms with E-state index in [0.717, 1.165) is 36.8 Å². The molecule has 0 aromatic heterocycles. The van der Waals surface area contributed by atoms with E-state index in [-0.39, 0.29) is 16.8 Å². The fraction of sp³-hybridized carbons (Fsp3) is 0.381. The van der Waals surface area contributed by atoms with E-state index < -0.39 is 9.84 Å². The number of carbonyl (C=O) groups excluding carboxylic acids is 1. The maximum Gasteiger partial charge on any atom is 0.254 e. The first-order valence-corrected chi connectivity index (χ1v) is 11.3. The number of nitrogens with zero attached hydrogens (tertiary/aromatic N) is 1. The summed E-state index contributed by atoms with van der Waals surface area (Å²) >= 11 is 0. The third-order valence-electron chi connectivity index (χ3n) is 5.18. The van der Waals surface area contributed by atoms with E-state index in [1.807, 2.05) is 23.1 Å². The van der Waals surface area contributed by atoms with Crippen molar-refractivity contribution in [2.24, 2.45) is 0 Å². The molecule has 4 rings (SSSR count). The van der Waals surface area contributed by atoms with Gasteiger partial charge in [0, 0.05) is 24.8 Å². The van der Waals surface area contributed by atoms with Crippen LogP contribution in [0.2, 0.25) is 0 Å². The van der Waals surface area contributed by atoms with Crippen molar-refractivity contribution in [3.63, 3.8) is 0 Å². The van der Waals surface area contributed by atoms with Gasteiger partial charge in [-0.3, -0.25) is 4.79 Å². The number of likely N-dealkylation sites (tertiary alicyclic amines) is 1. The van der Waals surface area contributed by atoms with Gasteiger partial charge in [-0.25, -0.2) is 8.42 Å². The summed E-state index contributed by atoms with van der Waals surface area (Å²) in [6.45, 7) is 1.89. The zero-order chi connectivity index (χ0) is 19.7. The minimum Gasteiger partial charge on any atom is -0.490 e. The Balaban J connectivity index is 1.62. The molecular weight excluding hydrogens is 378 g/mol. The molecule has 1 amide bonds. The standard InChI is InChI=1S/C21H23NO5S/c1-28(24,25)17-6-2-5-16(13-17)21(23)22-10-3-7-18(22)15-8-9-19-20(14-15)27-12-4-11-26-19/h2,5-6,8-9,13-14,18H,3-4,7,10-12H2,1H3/t18-/m0/s1. The monoisotopic (exact) mass is 401 g/mol.